The van der Waals surface area contributed by atoms with Crippen LogP contribution in [0.1, 0.15) is 52.1 Å². The summed E-state index contributed by atoms with van der Waals surface area (Å²) in [5.74, 6) is 0.920. The molecule has 0 aromatic heterocycles. The molecule has 0 heterocycles. The second kappa shape index (κ2) is 5.35. The van der Waals surface area contributed by atoms with E-state index in [4.69, 9.17) is 10.5 Å². The molecule has 0 saturated carbocycles. The van der Waals surface area contributed by atoms with Gasteiger partial charge < -0.3 is 10.5 Å². The Hall–Kier alpha value is -1.02. The van der Waals surface area contributed by atoms with Gasteiger partial charge in [-0.2, -0.15) is 0 Å². The molecule has 1 aromatic carbocycles. The van der Waals surface area contributed by atoms with Crippen molar-refractivity contribution >= 4 is 0 Å². The lowest BCUT2D eigenvalue weighted by molar-refractivity contribution is 0.103. The number of nitrogens with two attached hydrogens (primary N) is 1. The van der Waals surface area contributed by atoms with Crippen molar-refractivity contribution in [2.45, 2.75) is 52.2 Å². The summed E-state index contributed by atoms with van der Waals surface area (Å²) in [4.78, 5) is 0. The Morgan fingerprint density at radius 3 is 2.44 bits per heavy atom. The predicted molar refractivity (Wildman–Crippen MR) is 68.7 cm³/mol. The standard InChI is InChI=1S/C14H23NO/c1-5-12(15)11-9-7-8-10-13(11)16-14(3,4)6-2/h7-10,12H,5-6,15H2,1-4H3/t12-/m1/s1. The van der Waals surface area contributed by atoms with Gasteiger partial charge in [0.05, 0.1) is 0 Å². The van der Waals surface area contributed by atoms with Gasteiger partial charge in [-0.3, -0.25) is 0 Å². The molecule has 0 bridgehead atoms. The van der Waals surface area contributed by atoms with Crippen LogP contribution in [0.2, 0.25) is 0 Å². The van der Waals surface area contributed by atoms with Crippen molar-refractivity contribution in [2.24, 2.45) is 5.73 Å². The van der Waals surface area contributed by atoms with E-state index in [0.29, 0.717) is 0 Å². The van der Waals surface area contributed by atoms with Gasteiger partial charge in [0.2, 0.25) is 0 Å². The average molecular weight is 221 g/mol. The molecule has 0 fully saturated rings. The van der Waals surface area contributed by atoms with Crippen molar-refractivity contribution in [1.82, 2.24) is 0 Å². The zero-order valence-electron chi connectivity index (χ0n) is 10.8. The summed E-state index contributed by atoms with van der Waals surface area (Å²) < 4.78 is 6.03. The highest BCUT2D eigenvalue weighted by molar-refractivity contribution is 5.36. The SMILES string of the molecule is CC[C@@H](N)c1ccccc1OC(C)(C)CC. The van der Waals surface area contributed by atoms with E-state index in [2.05, 4.69) is 33.8 Å². The van der Waals surface area contributed by atoms with Crippen LogP contribution in [0.3, 0.4) is 0 Å². The Morgan fingerprint density at radius 1 is 1.25 bits per heavy atom. The van der Waals surface area contributed by atoms with E-state index in [9.17, 15) is 0 Å². The lowest BCUT2D eigenvalue weighted by atomic mass is 10.0. The van der Waals surface area contributed by atoms with Crippen molar-refractivity contribution in [1.29, 1.82) is 0 Å². The molecule has 0 radical (unpaired) electrons. The van der Waals surface area contributed by atoms with Gasteiger partial charge in [0, 0.05) is 11.6 Å². The summed E-state index contributed by atoms with van der Waals surface area (Å²) in [6.45, 7) is 8.41. The van der Waals surface area contributed by atoms with Gasteiger partial charge >= 0.3 is 0 Å². The normalized spacial score (nSPS) is 13.6. The van der Waals surface area contributed by atoms with Gasteiger partial charge in [-0.25, -0.2) is 0 Å². The molecule has 0 amide bonds. The molecule has 0 aliphatic rings. The molecule has 1 atom stereocenters. The topological polar surface area (TPSA) is 35.2 Å². The highest BCUT2D eigenvalue weighted by Gasteiger charge is 2.19. The average Bonchev–Trinajstić information content (AvgIpc) is 2.28. The van der Waals surface area contributed by atoms with Gasteiger partial charge in [-0.15, -0.1) is 0 Å². The van der Waals surface area contributed by atoms with E-state index < -0.39 is 0 Å². The monoisotopic (exact) mass is 221 g/mol. The molecule has 1 aromatic rings. The Labute approximate surface area is 98.8 Å². The number of hydrogen-bond acceptors (Lipinski definition) is 2. The fraction of sp³-hybridized carbons (Fsp3) is 0.571. The van der Waals surface area contributed by atoms with Gasteiger partial charge in [0.1, 0.15) is 11.4 Å². The zero-order chi connectivity index (χ0) is 12.2. The Bertz CT molecular complexity index is 333. The number of ether oxygens (including phenoxy) is 1. The first-order valence-electron chi connectivity index (χ1n) is 6.03. The van der Waals surface area contributed by atoms with Crippen LogP contribution in [-0.4, -0.2) is 5.60 Å². The smallest absolute Gasteiger partial charge is 0.124 e. The van der Waals surface area contributed by atoms with E-state index in [1.54, 1.807) is 0 Å². The largest absolute Gasteiger partial charge is 0.488 e. The van der Waals surface area contributed by atoms with Crippen LogP contribution in [0, 0.1) is 0 Å². The molecule has 0 aliphatic heterocycles. The zero-order valence-corrected chi connectivity index (χ0v) is 10.8. The van der Waals surface area contributed by atoms with Crippen molar-refractivity contribution in [3.8, 4) is 5.75 Å². The van der Waals surface area contributed by atoms with Crippen LogP contribution in [-0.2, 0) is 0 Å². The Morgan fingerprint density at radius 2 is 1.88 bits per heavy atom. The quantitative estimate of drug-likeness (QED) is 0.823. The molecular formula is C14H23NO. The summed E-state index contributed by atoms with van der Waals surface area (Å²) in [6.07, 6.45) is 1.90. The molecule has 0 aliphatic carbocycles. The maximum absolute atomic E-state index is 6.08. The van der Waals surface area contributed by atoms with Gasteiger partial charge in [0.15, 0.2) is 0 Å². The Kier molecular flexibility index (Phi) is 4.36. The highest BCUT2D eigenvalue weighted by atomic mass is 16.5. The molecule has 2 heteroatoms. The summed E-state index contributed by atoms with van der Waals surface area (Å²) in [7, 11) is 0. The predicted octanol–water partition coefficient (Wildman–Crippen LogP) is 3.66. The Balaban J connectivity index is 2.95. The molecule has 1 rings (SSSR count). The first kappa shape index (κ1) is 13.0. The number of benzene rings is 1. The van der Waals surface area contributed by atoms with Crippen LogP contribution in [0.4, 0.5) is 0 Å². The third-order valence-electron chi connectivity index (χ3n) is 3.00. The van der Waals surface area contributed by atoms with Gasteiger partial charge in [0.25, 0.3) is 0 Å². The molecule has 0 unspecified atom stereocenters. The molecular weight excluding hydrogens is 198 g/mol. The van der Waals surface area contributed by atoms with Gasteiger partial charge in [-0.1, -0.05) is 32.0 Å². The van der Waals surface area contributed by atoms with Crippen molar-refractivity contribution in [3.63, 3.8) is 0 Å². The minimum Gasteiger partial charge on any atom is -0.488 e. The van der Waals surface area contributed by atoms with Crippen molar-refractivity contribution in [3.05, 3.63) is 29.8 Å². The molecule has 16 heavy (non-hydrogen) atoms. The van der Waals surface area contributed by atoms with Crippen LogP contribution in [0.25, 0.3) is 0 Å². The third kappa shape index (κ3) is 3.24. The second-order valence-electron chi connectivity index (χ2n) is 4.77. The maximum Gasteiger partial charge on any atom is 0.124 e. The highest BCUT2D eigenvalue weighted by Crippen LogP contribution is 2.29. The van der Waals surface area contributed by atoms with Crippen LogP contribution in [0.15, 0.2) is 24.3 Å². The van der Waals surface area contributed by atoms with E-state index in [1.165, 1.54) is 0 Å². The minimum atomic E-state index is -0.135. The lowest BCUT2D eigenvalue weighted by Gasteiger charge is -2.27. The molecule has 2 N–H and O–H groups in total. The van der Waals surface area contributed by atoms with Crippen LogP contribution in [0.5, 0.6) is 5.75 Å². The van der Waals surface area contributed by atoms with E-state index in [0.717, 1.165) is 24.2 Å². The first-order chi connectivity index (χ1) is 7.50. The van der Waals surface area contributed by atoms with E-state index in [-0.39, 0.29) is 11.6 Å². The fourth-order valence-electron chi connectivity index (χ4n) is 1.47. The summed E-state index contributed by atoms with van der Waals surface area (Å²) >= 11 is 0. The van der Waals surface area contributed by atoms with Crippen molar-refractivity contribution < 1.29 is 4.74 Å². The number of para-hydroxylation sites is 1. The molecule has 2 nitrogen and oxygen atoms in total. The minimum absolute atomic E-state index is 0.0591. The summed E-state index contributed by atoms with van der Waals surface area (Å²) in [6, 6.07) is 8.12. The van der Waals surface area contributed by atoms with Crippen LogP contribution < -0.4 is 10.5 Å². The number of rotatable bonds is 5. The van der Waals surface area contributed by atoms with Gasteiger partial charge in [-0.05, 0) is 32.8 Å². The fourth-order valence-corrected chi connectivity index (χ4v) is 1.47. The molecule has 0 spiro atoms. The number of hydrogen-bond donors (Lipinski definition) is 1. The first-order valence-corrected chi connectivity index (χ1v) is 6.03. The summed E-state index contributed by atoms with van der Waals surface area (Å²) in [5.41, 5.74) is 7.04. The third-order valence-corrected chi connectivity index (χ3v) is 3.00. The van der Waals surface area contributed by atoms with Crippen molar-refractivity contribution in [2.75, 3.05) is 0 Å². The van der Waals surface area contributed by atoms with Crippen LogP contribution >= 0.6 is 0 Å². The molecule has 90 valence electrons. The lowest BCUT2D eigenvalue weighted by Crippen LogP contribution is -2.28. The van der Waals surface area contributed by atoms with E-state index in [1.807, 2.05) is 18.2 Å². The summed E-state index contributed by atoms with van der Waals surface area (Å²) in [5, 5.41) is 0. The second-order valence-corrected chi connectivity index (χ2v) is 4.77. The maximum atomic E-state index is 6.08. The van der Waals surface area contributed by atoms with E-state index >= 15 is 0 Å². The molecule has 0 saturated heterocycles.